The fourth-order valence-electron chi connectivity index (χ4n) is 3.27. The van der Waals surface area contributed by atoms with E-state index in [0.717, 1.165) is 24.8 Å². The third kappa shape index (κ3) is 2.54. The van der Waals surface area contributed by atoms with Crippen molar-refractivity contribution in [3.05, 3.63) is 23.3 Å². The van der Waals surface area contributed by atoms with E-state index in [0.29, 0.717) is 12.2 Å². The minimum absolute atomic E-state index is 0.0967. The molecule has 1 amide bonds. The van der Waals surface area contributed by atoms with Crippen molar-refractivity contribution in [3.63, 3.8) is 0 Å². The number of nitrogens with zero attached hydrogens (tertiary/aromatic N) is 1. The van der Waals surface area contributed by atoms with Crippen LogP contribution in [0.5, 0.6) is 11.5 Å². The second-order valence-electron chi connectivity index (χ2n) is 7.23. The van der Waals surface area contributed by atoms with Crippen molar-refractivity contribution in [2.75, 3.05) is 13.6 Å². The van der Waals surface area contributed by atoms with Crippen LogP contribution in [0.3, 0.4) is 0 Å². The van der Waals surface area contributed by atoms with Crippen molar-refractivity contribution in [2.24, 2.45) is 0 Å². The molecular formula is C17H23NO4. The molecule has 1 aromatic carbocycles. The molecule has 1 fully saturated rings. The third-order valence-electron chi connectivity index (χ3n) is 4.60. The summed E-state index contributed by atoms with van der Waals surface area (Å²) in [6, 6.07) is 3.48. The standard InChI is InChI=1S/C17H23NO4/c1-16(2)9-11-5-6-12(13(19)14(11)22-16)15(20)18(3)10-17(21)7-4-8-17/h5-6,19,21H,4,7-10H2,1-3H3. The zero-order chi connectivity index (χ0) is 16.1. The Balaban J connectivity index is 1.82. The van der Waals surface area contributed by atoms with Gasteiger partial charge in [-0.2, -0.15) is 0 Å². The first-order valence-corrected chi connectivity index (χ1v) is 7.73. The summed E-state index contributed by atoms with van der Waals surface area (Å²) < 4.78 is 5.76. The zero-order valence-corrected chi connectivity index (χ0v) is 13.3. The molecular weight excluding hydrogens is 282 g/mol. The van der Waals surface area contributed by atoms with Crippen molar-refractivity contribution in [2.45, 2.75) is 50.7 Å². The van der Waals surface area contributed by atoms with Gasteiger partial charge in [0.25, 0.3) is 5.91 Å². The molecule has 120 valence electrons. The molecule has 2 N–H and O–H groups in total. The summed E-state index contributed by atoms with van der Waals surface area (Å²) in [6.07, 6.45) is 3.14. The number of aromatic hydroxyl groups is 1. The maximum absolute atomic E-state index is 12.5. The molecule has 1 saturated carbocycles. The van der Waals surface area contributed by atoms with Gasteiger partial charge in [-0.1, -0.05) is 6.07 Å². The van der Waals surface area contributed by atoms with E-state index in [1.165, 1.54) is 4.90 Å². The number of phenols is 1. The van der Waals surface area contributed by atoms with Crippen molar-refractivity contribution in [1.29, 1.82) is 0 Å². The van der Waals surface area contributed by atoms with Gasteiger partial charge in [-0.15, -0.1) is 0 Å². The van der Waals surface area contributed by atoms with Gasteiger partial charge in [0.2, 0.25) is 0 Å². The van der Waals surface area contributed by atoms with Gasteiger partial charge < -0.3 is 19.8 Å². The minimum atomic E-state index is -0.769. The van der Waals surface area contributed by atoms with Gasteiger partial charge in [0, 0.05) is 25.6 Å². The number of ether oxygens (including phenoxy) is 1. The van der Waals surface area contributed by atoms with E-state index >= 15 is 0 Å². The zero-order valence-electron chi connectivity index (χ0n) is 13.3. The van der Waals surface area contributed by atoms with Gasteiger partial charge in [-0.05, 0) is 39.2 Å². The van der Waals surface area contributed by atoms with E-state index in [4.69, 9.17) is 4.74 Å². The number of benzene rings is 1. The highest BCUT2D eigenvalue weighted by molar-refractivity contribution is 5.98. The van der Waals surface area contributed by atoms with Crippen LogP contribution in [0.15, 0.2) is 12.1 Å². The van der Waals surface area contributed by atoms with Crippen LogP contribution in [0.25, 0.3) is 0 Å². The van der Waals surface area contributed by atoms with Crippen LogP contribution in [0.4, 0.5) is 0 Å². The maximum atomic E-state index is 12.5. The van der Waals surface area contributed by atoms with E-state index in [2.05, 4.69) is 0 Å². The summed E-state index contributed by atoms with van der Waals surface area (Å²) in [7, 11) is 1.65. The smallest absolute Gasteiger partial charge is 0.257 e. The van der Waals surface area contributed by atoms with E-state index in [-0.39, 0.29) is 29.4 Å². The molecule has 0 radical (unpaired) electrons. The second-order valence-corrected chi connectivity index (χ2v) is 7.23. The number of carbonyl (C=O) groups excluding carboxylic acids is 1. The molecule has 0 atom stereocenters. The Morgan fingerprint density at radius 1 is 1.36 bits per heavy atom. The minimum Gasteiger partial charge on any atom is -0.504 e. The third-order valence-corrected chi connectivity index (χ3v) is 4.60. The Bertz CT molecular complexity index is 619. The first kappa shape index (κ1) is 15.2. The molecule has 1 aromatic rings. The highest BCUT2D eigenvalue weighted by Gasteiger charge is 2.38. The molecule has 0 spiro atoms. The summed E-state index contributed by atoms with van der Waals surface area (Å²) in [5.74, 6) is 0.0149. The molecule has 5 nitrogen and oxygen atoms in total. The monoisotopic (exact) mass is 305 g/mol. The SMILES string of the molecule is CN(CC1(O)CCC1)C(=O)c1ccc2c(c1O)OC(C)(C)C2. The van der Waals surface area contributed by atoms with Crippen LogP contribution in [0.2, 0.25) is 0 Å². The Morgan fingerprint density at radius 2 is 2.05 bits per heavy atom. The number of hydrogen-bond acceptors (Lipinski definition) is 4. The Kier molecular flexibility index (Phi) is 3.36. The van der Waals surface area contributed by atoms with Gasteiger partial charge >= 0.3 is 0 Å². The molecule has 5 heteroatoms. The molecule has 22 heavy (non-hydrogen) atoms. The average molecular weight is 305 g/mol. The normalized spacial score (nSPS) is 20.7. The number of aliphatic hydroxyl groups is 1. The van der Waals surface area contributed by atoms with Crippen LogP contribution in [-0.2, 0) is 6.42 Å². The molecule has 3 rings (SSSR count). The van der Waals surface area contributed by atoms with Gasteiger partial charge in [-0.3, -0.25) is 4.79 Å². The Labute approximate surface area is 130 Å². The first-order valence-electron chi connectivity index (χ1n) is 7.73. The number of fused-ring (bicyclic) bond motifs is 1. The molecule has 0 saturated heterocycles. The second kappa shape index (κ2) is 4.88. The summed E-state index contributed by atoms with van der Waals surface area (Å²) in [5.41, 5.74) is 0.00480. The summed E-state index contributed by atoms with van der Waals surface area (Å²) >= 11 is 0. The van der Waals surface area contributed by atoms with Gasteiger partial charge in [0.05, 0.1) is 11.2 Å². The molecule has 1 aliphatic carbocycles. The predicted octanol–water partition coefficient (Wildman–Crippen LogP) is 2.09. The van der Waals surface area contributed by atoms with E-state index < -0.39 is 5.60 Å². The first-order chi connectivity index (χ1) is 10.2. The lowest BCUT2D eigenvalue weighted by molar-refractivity contribution is -0.0499. The largest absolute Gasteiger partial charge is 0.504 e. The quantitative estimate of drug-likeness (QED) is 0.897. The number of amides is 1. The number of phenolic OH excluding ortho intramolecular Hbond substituents is 1. The molecule has 2 aliphatic rings. The van der Waals surface area contributed by atoms with Crippen LogP contribution < -0.4 is 4.74 Å². The number of hydrogen-bond donors (Lipinski definition) is 2. The molecule has 1 heterocycles. The Hall–Kier alpha value is -1.75. The van der Waals surface area contributed by atoms with Gasteiger partial charge in [0.15, 0.2) is 11.5 Å². The number of likely N-dealkylation sites (N-methyl/N-ethyl adjacent to an activating group) is 1. The van der Waals surface area contributed by atoms with Crippen molar-refractivity contribution in [3.8, 4) is 11.5 Å². The number of carbonyl (C=O) groups is 1. The Morgan fingerprint density at radius 3 is 2.64 bits per heavy atom. The summed E-state index contributed by atoms with van der Waals surface area (Å²) in [5, 5.41) is 20.6. The highest BCUT2D eigenvalue weighted by Crippen LogP contribution is 2.43. The van der Waals surface area contributed by atoms with Crippen molar-refractivity contribution < 1.29 is 19.7 Å². The predicted molar refractivity (Wildman–Crippen MR) is 82.3 cm³/mol. The highest BCUT2D eigenvalue weighted by atomic mass is 16.5. The fraction of sp³-hybridized carbons (Fsp3) is 0.588. The molecule has 1 aliphatic heterocycles. The van der Waals surface area contributed by atoms with Crippen molar-refractivity contribution in [1.82, 2.24) is 4.90 Å². The lowest BCUT2D eigenvalue weighted by Crippen LogP contribution is -2.48. The van der Waals surface area contributed by atoms with Crippen LogP contribution in [0.1, 0.15) is 49.0 Å². The summed E-state index contributed by atoms with van der Waals surface area (Å²) in [4.78, 5) is 14.0. The average Bonchev–Trinajstić information content (AvgIpc) is 2.72. The van der Waals surface area contributed by atoms with Gasteiger partial charge in [-0.25, -0.2) is 0 Å². The van der Waals surface area contributed by atoms with Crippen LogP contribution in [-0.4, -0.2) is 45.8 Å². The van der Waals surface area contributed by atoms with E-state index in [9.17, 15) is 15.0 Å². The lowest BCUT2D eigenvalue weighted by Gasteiger charge is -2.39. The van der Waals surface area contributed by atoms with Gasteiger partial charge in [0.1, 0.15) is 5.60 Å². The van der Waals surface area contributed by atoms with Crippen LogP contribution >= 0.6 is 0 Å². The molecule has 0 aromatic heterocycles. The number of rotatable bonds is 3. The lowest BCUT2D eigenvalue weighted by atomic mass is 9.80. The maximum Gasteiger partial charge on any atom is 0.257 e. The topological polar surface area (TPSA) is 70.0 Å². The molecule has 0 unspecified atom stereocenters. The van der Waals surface area contributed by atoms with Crippen molar-refractivity contribution >= 4 is 5.91 Å². The van der Waals surface area contributed by atoms with Crippen LogP contribution in [0, 0.1) is 0 Å². The van der Waals surface area contributed by atoms with E-state index in [1.807, 2.05) is 19.9 Å². The molecule has 0 bridgehead atoms. The van der Waals surface area contributed by atoms with E-state index in [1.54, 1.807) is 13.1 Å². The summed E-state index contributed by atoms with van der Waals surface area (Å²) in [6.45, 7) is 4.19. The fourth-order valence-corrected chi connectivity index (χ4v) is 3.27.